The van der Waals surface area contributed by atoms with Gasteiger partial charge in [0, 0.05) is 36.3 Å². The number of aryl methyl sites for hydroxylation is 1. The summed E-state index contributed by atoms with van der Waals surface area (Å²) < 4.78 is 82.6. The third-order valence-corrected chi connectivity index (χ3v) is 8.42. The van der Waals surface area contributed by atoms with Crippen molar-refractivity contribution >= 4 is 11.6 Å². The zero-order valence-corrected chi connectivity index (χ0v) is 28.2. The molecule has 0 saturated carbocycles. The summed E-state index contributed by atoms with van der Waals surface area (Å²) in [6, 6.07) is 25.7. The molecule has 0 N–H and O–H groups in total. The highest BCUT2D eigenvalue weighted by molar-refractivity contribution is 6.33. The molecule has 0 aliphatic heterocycles. The van der Waals surface area contributed by atoms with Gasteiger partial charge in [0.1, 0.15) is 0 Å². The van der Waals surface area contributed by atoms with Gasteiger partial charge in [0.25, 0.3) is 0 Å². The van der Waals surface area contributed by atoms with Crippen molar-refractivity contribution in [1.29, 1.82) is 0 Å². The van der Waals surface area contributed by atoms with Crippen molar-refractivity contribution in [2.45, 2.75) is 45.0 Å². The van der Waals surface area contributed by atoms with Gasteiger partial charge in [-0.1, -0.05) is 104 Å². The molecule has 0 aliphatic rings. The van der Waals surface area contributed by atoms with Crippen LogP contribution in [0.4, 0.5) is 26.3 Å². The monoisotopic (exact) mass is 710 g/mol. The molecule has 0 atom stereocenters. The Balaban J connectivity index is 0.000000197. The number of halogens is 7. The molecule has 0 spiro atoms. The first-order valence-corrected chi connectivity index (χ1v) is 16.1. The summed E-state index contributed by atoms with van der Waals surface area (Å²) in [5.41, 5.74) is 1.24. The second kappa shape index (κ2) is 15.3. The van der Waals surface area contributed by atoms with Gasteiger partial charge in [-0.3, -0.25) is 0 Å². The number of benzene rings is 4. The minimum absolute atomic E-state index is 0.0201. The summed E-state index contributed by atoms with van der Waals surface area (Å²) >= 11 is 6.13. The number of unbranched alkanes of at least 4 members (excludes halogenated alkanes) is 2. The van der Waals surface area contributed by atoms with Crippen molar-refractivity contribution in [2.24, 2.45) is 14.1 Å². The van der Waals surface area contributed by atoms with Gasteiger partial charge in [0.15, 0.2) is 23.3 Å². The Hall–Kier alpha value is -4.97. The van der Waals surface area contributed by atoms with Crippen molar-refractivity contribution in [3.05, 3.63) is 119 Å². The van der Waals surface area contributed by atoms with Gasteiger partial charge >= 0.3 is 12.4 Å². The molecule has 260 valence electrons. The molecule has 2 heterocycles. The number of nitrogens with zero attached hydrogens (tertiary/aromatic N) is 6. The molecule has 0 amide bonds. The Morgan fingerprint density at radius 1 is 0.540 bits per heavy atom. The highest BCUT2D eigenvalue weighted by Gasteiger charge is 2.35. The lowest BCUT2D eigenvalue weighted by Gasteiger charge is -2.12. The van der Waals surface area contributed by atoms with Gasteiger partial charge in [-0.05, 0) is 42.7 Å². The number of alkyl halides is 6. The number of aromatic nitrogens is 6. The van der Waals surface area contributed by atoms with Crippen LogP contribution in [0.3, 0.4) is 0 Å². The van der Waals surface area contributed by atoms with Crippen molar-refractivity contribution in [3.63, 3.8) is 0 Å². The standard InChI is InChI=1S/C21H22F3N3.C16H11ClF3N3/c1-3-4-5-8-15-11-13-16(14-12-15)19-25-26-20(27(19)2)17-9-6-7-10-18(17)21(22,23)24;1-23-14(10-6-2-4-8-12(10)16(18,19)20)21-22-15(23)11-7-3-5-9-13(11)17/h6-7,9-14H,3-5,8H2,1-2H3;2-9H,1H3. The molecular weight excluding hydrogens is 678 g/mol. The molecular formula is C37H33ClF6N6. The average Bonchev–Trinajstić information content (AvgIpc) is 3.67. The Morgan fingerprint density at radius 3 is 1.44 bits per heavy atom. The van der Waals surface area contributed by atoms with Crippen molar-refractivity contribution in [3.8, 4) is 45.6 Å². The highest BCUT2D eigenvalue weighted by Crippen LogP contribution is 2.38. The van der Waals surface area contributed by atoms with E-state index in [0.29, 0.717) is 22.2 Å². The van der Waals surface area contributed by atoms with Crippen LogP contribution in [0, 0.1) is 0 Å². The molecule has 50 heavy (non-hydrogen) atoms. The van der Waals surface area contributed by atoms with Gasteiger partial charge < -0.3 is 9.13 Å². The maximum absolute atomic E-state index is 13.3. The minimum atomic E-state index is -4.47. The van der Waals surface area contributed by atoms with Gasteiger partial charge in [-0.15, -0.1) is 20.4 Å². The molecule has 6 aromatic rings. The van der Waals surface area contributed by atoms with E-state index in [0.717, 1.165) is 30.5 Å². The minimum Gasteiger partial charge on any atom is -0.310 e. The first kappa shape index (κ1) is 36.3. The van der Waals surface area contributed by atoms with Crippen LogP contribution in [0.1, 0.15) is 42.9 Å². The summed E-state index contributed by atoms with van der Waals surface area (Å²) in [5.74, 6) is 1.28. The molecule has 6 nitrogen and oxygen atoms in total. The van der Waals surface area contributed by atoms with E-state index in [9.17, 15) is 26.3 Å². The van der Waals surface area contributed by atoms with Crippen LogP contribution in [0.5, 0.6) is 0 Å². The molecule has 0 fully saturated rings. The Bertz CT molecular complexity index is 2050. The zero-order valence-electron chi connectivity index (χ0n) is 27.4. The van der Waals surface area contributed by atoms with Crippen LogP contribution >= 0.6 is 11.6 Å². The summed E-state index contributed by atoms with van der Waals surface area (Å²) in [7, 11) is 3.30. The molecule has 0 aliphatic carbocycles. The average molecular weight is 711 g/mol. The van der Waals surface area contributed by atoms with E-state index in [4.69, 9.17) is 11.6 Å². The first-order chi connectivity index (χ1) is 23.8. The SMILES string of the molecule is CCCCCc1ccc(-c2nnc(-c3ccccc3C(F)(F)F)n2C)cc1.Cn1c(-c2ccccc2Cl)nnc1-c1ccccc1C(F)(F)F. The third kappa shape index (κ3) is 8.07. The second-order valence-corrected chi connectivity index (χ2v) is 11.9. The van der Waals surface area contributed by atoms with Gasteiger partial charge in [-0.2, -0.15) is 26.3 Å². The molecule has 6 rings (SSSR count). The smallest absolute Gasteiger partial charge is 0.310 e. The molecule has 0 bridgehead atoms. The second-order valence-electron chi connectivity index (χ2n) is 11.5. The Labute approximate surface area is 290 Å². The number of rotatable bonds is 8. The fourth-order valence-electron chi connectivity index (χ4n) is 5.51. The van der Waals surface area contributed by atoms with Crippen molar-refractivity contribution in [1.82, 2.24) is 29.5 Å². The number of hydrogen-bond acceptors (Lipinski definition) is 4. The van der Waals surface area contributed by atoms with Crippen molar-refractivity contribution in [2.75, 3.05) is 0 Å². The largest absolute Gasteiger partial charge is 0.417 e. The summed E-state index contributed by atoms with van der Waals surface area (Å²) in [6.45, 7) is 2.17. The normalized spacial score (nSPS) is 11.7. The predicted octanol–water partition coefficient (Wildman–Crippen LogP) is 10.7. The van der Waals surface area contributed by atoms with Gasteiger partial charge in [0.05, 0.1) is 16.1 Å². The molecule has 2 aromatic heterocycles. The summed E-state index contributed by atoms with van der Waals surface area (Å²) in [4.78, 5) is 0. The maximum atomic E-state index is 13.3. The van der Waals surface area contributed by atoms with E-state index in [-0.39, 0.29) is 22.8 Å². The Morgan fingerprint density at radius 2 is 0.960 bits per heavy atom. The van der Waals surface area contributed by atoms with E-state index < -0.39 is 23.5 Å². The van der Waals surface area contributed by atoms with E-state index in [1.165, 1.54) is 53.3 Å². The topological polar surface area (TPSA) is 61.4 Å². The molecule has 13 heteroatoms. The molecule has 4 aromatic carbocycles. The van der Waals surface area contributed by atoms with Crippen LogP contribution in [-0.4, -0.2) is 29.5 Å². The zero-order chi connectivity index (χ0) is 36.1. The molecule has 0 unspecified atom stereocenters. The third-order valence-electron chi connectivity index (χ3n) is 8.09. The van der Waals surface area contributed by atoms with Crippen LogP contribution in [0.25, 0.3) is 45.6 Å². The van der Waals surface area contributed by atoms with Crippen LogP contribution in [0.2, 0.25) is 5.02 Å². The highest BCUT2D eigenvalue weighted by atomic mass is 35.5. The lowest BCUT2D eigenvalue weighted by atomic mass is 10.0. The predicted molar refractivity (Wildman–Crippen MR) is 182 cm³/mol. The summed E-state index contributed by atoms with van der Waals surface area (Å²) in [5, 5.41) is 16.6. The quantitative estimate of drug-likeness (QED) is 0.117. The van der Waals surface area contributed by atoms with E-state index in [1.54, 1.807) is 49.0 Å². The Kier molecular flexibility index (Phi) is 11.1. The number of hydrogen-bond donors (Lipinski definition) is 0. The fraction of sp³-hybridized carbons (Fsp3) is 0.243. The van der Waals surface area contributed by atoms with Crippen LogP contribution in [-0.2, 0) is 32.9 Å². The lowest BCUT2D eigenvalue weighted by Crippen LogP contribution is -2.08. The van der Waals surface area contributed by atoms with Crippen LogP contribution < -0.4 is 0 Å². The first-order valence-electron chi connectivity index (χ1n) is 15.8. The molecule has 0 radical (unpaired) electrons. The van der Waals surface area contributed by atoms with E-state index in [1.807, 2.05) is 24.3 Å². The lowest BCUT2D eigenvalue weighted by molar-refractivity contribution is -0.138. The van der Waals surface area contributed by atoms with Gasteiger partial charge in [0.2, 0.25) is 0 Å². The van der Waals surface area contributed by atoms with E-state index >= 15 is 0 Å². The van der Waals surface area contributed by atoms with Gasteiger partial charge in [-0.25, -0.2) is 0 Å². The molecule has 0 saturated heterocycles. The van der Waals surface area contributed by atoms with Crippen molar-refractivity contribution < 1.29 is 26.3 Å². The summed E-state index contributed by atoms with van der Waals surface area (Å²) in [6.07, 6.45) is -4.35. The van der Waals surface area contributed by atoms with Crippen LogP contribution in [0.15, 0.2) is 97.1 Å². The maximum Gasteiger partial charge on any atom is 0.417 e. The van der Waals surface area contributed by atoms with E-state index in [2.05, 4.69) is 27.3 Å². The fourth-order valence-corrected chi connectivity index (χ4v) is 5.73.